The highest BCUT2D eigenvalue weighted by Gasteiger charge is 2.20. The fourth-order valence-corrected chi connectivity index (χ4v) is 5.52. The highest BCUT2D eigenvalue weighted by molar-refractivity contribution is 6.04. The van der Waals surface area contributed by atoms with Crippen LogP contribution < -0.4 is 10.6 Å². The number of carbonyl (C=O) groups excluding carboxylic acids is 2. The first kappa shape index (κ1) is 24.3. The molecule has 0 atom stereocenters. The van der Waals surface area contributed by atoms with Gasteiger partial charge in [-0.05, 0) is 60.6 Å². The first-order chi connectivity index (χ1) is 18.5. The molecule has 2 aromatic heterocycles. The maximum atomic E-state index is 13.1. The Kier molecular flexibility index (Phi) is 6.41. The van der Waals surface area contributed by atoms with Crippen molar-refractivity contribution in [3.63, 3.8) is 0 Å². The molecule has 8 heteroatoms. The number of fused-ring (bicyclic) bond motifs is 2. The number of Topliss-reactive ketones (excluding diaryl/α,β-unsaturated/α-hetero) is 1. The van der Waals surface area contributed by atoms with Gasteiger partial charge in [0.05, 0.1) is 6.54 Å². The summed E-state index contributed by atoms with van der Waals surface area (Å²) in [4.78, 5) is 35.3. The van der Waals surface area contributed by atoms with E-state index in [1.807, 2.05) is 43.6 Å². The standard InChI is InChI=1S/C30H32N6O2/c1-19-21(15-27(37)25-17-36-14-12-31-16-29(36)32-25)7-5-8-22(19)23-9-6-10-24(20(23)2)34-30(38)26-18-35-13-4-3-11-28(35)33-26/h5-10,17-18,31H,3-4,11-16H2,1-2H3,(H,34,38). The molecule has 0 fully saturated rings. The lowest BCUT2D eigenvalue weighted by atomic mass is 9.91. The van der Waals surface area contributed by atoms with Gasteiger partial charge >= 0.3 is 0 Å². The molecular weight excluding hydrogens is 476 g/mol. The third-order valence-corrected chi connectivity index (χ3v) is 7.77. The zero-order valence-corrected chi connectivity index (χ0v) is 21.9. The highest BCUT2D eigenvalue weighted by Crippen LogP contribution is 2.33. The summed E-state index contributed by atoms with van der Waals surface area (Å²) in [5, 5.41) is 6.37. The first-order valence-corrected chi connectivity index (χ1v) is 13.3. The van der Waals surface area contributed by atoms with Crippen LogP contribution in [0.2, 0.25) is 0 Å². The molecule has 0 spiro atoms. The predicted octanol–water partition coefficient (Wildman–Crippen LogP) is 4.48. The van der Waals surface area contributed by atoms with Crippen LogP contribution in [0.3, 0.4) is 0 Å². The van der Waals surface area contributed by atoms with E-state index in [1.165, 1.54) is 0 Å². The van der Waals surface area contributed by atoms with Crippen molar-refractivity contribution >= 4 is 17.4 Å². The van der Waals surface area contributed by atoms with Crippen LogP contribution in [-0.4, -0.2) is 37.3 Å². The summed E-state index contributed by atoms with van der Waals surface area (Å²) in [6, 6.07) is 12.0. The number of ketones is 1. The van der Waals surface area contributed by atoms with Crippen molar-refractivity contribution in [2.75, 3.05) is 11.9 Å². The van der Waals surface area contributed by atoms with Gasteiger partial charge in [0.25, 0.3) is 5.91 Å². The minimum atomic E-state index is -0.193. The van der Waals surface area contributed by atoms with Gasteiger partial charge in [0.15, 0.2) is 5.78 Å². The molecule has 194 valence electrons. The van der Waals surface area contributed by atoms with Crippen LogP contribution >= 0.6 is 0 Å². The SMILES string of the molecule is Cc1c(CC(=O)c2cn3c(n2)CNCC3)cccc1-c1cccc(NC(=O)c2cn3c(n2)CCCC3)c1C. The zero-order chi connectivity index (χ0) is 26.2. The smallest absolute Gasteiger partial charge is 0.275 e. The molecule has 2 N–H and O–H groups in total. The number of aryl methyl sites for hydroxylation is 2. The van der Waals surface area contributed by atoms with Crippen molar-refractivity contribution < 1.29 is 9.59 Å². The number of hydrogen-bond donors (Lipinski definition) is 2. The van der Waals surface area contributed by atoms with Crippen molar-refractivity contribution in [3.8, 4) is 11.1 Å². The molecule has 2 aliphatic heterocycles. The van der Waals surface area contributed by atoms with E-state index in [0.29, 0.717) is 24.4 Å². The molecule has 4 aromatic rings. The zero-order valence-electron chi connectivity index (χ0n) is 21.9. The number of rotatable bonds is 6. The van der Waals surface area contributed by atoms with Gasteiger partial charge in [-0.3, -0.25) is 9.59 Å². The normalized spacial score (nSPS) is 14.6. The minimum absolute atomic E-state index is 0.0210. The Bertz CT molecular complexity index is 1380. The monoisotopic (exact) mass is 508 g/mol. The summed E-state index contributed by atoms with van der Waals surface area (Å²) in [6.07, 6.45) is 7.19. The van der Waals surface area contributed by atoms with Crippen LogP contribution in [0.5, 0.6) is 0 Å². The molecule has 8 nitrogen and oxygen atoms in total. The van der Waals surface area contributed by atoms with E-state index in [2.05, 4.69) is 48.8 Å². The number of nitrogens with zero attached hydrogens (tertiary/aromatic N) is 4. The van der Waals surface area contributed by atoms with Crippen molar-refractivity contribution in [2.24, 2.45) is 0 Å². The summed E-state index contributed by atoms with van der Waals surface area (Å²) < 4.78 is 4.16. The summed E-state index contributed by atoms with van der Waals surface area (Å²) >= 11 is 0. The molecule has 0 unspecified atom stereocenters. The average molecular weight is 509 g/mol. The molecular formula is C30H32N6O2. The predicted molar refractivity (Wildman–Crippen MR) is 146 cm³/mol. The van der Waals surface area contributed by atoms with Crippen LogP contribution in [0.25, 0.3) is 11.1 Å². The van der Waals surface area contributed by atoms with E-state index >= 15 is 0 Å². The van der Waals surface area contributed by atoms with Gasteiger partial charge < -0.3 is 19.8 Å². The van der Waals surface area contributed by atoms with Gasteiger partial charge in [-0.2, -0.15) is 0 Å². The highest BCUT2D eigenvalue weighted by atomic mass is 16.2. The van der Waals surface area contributed by atoms with E-state index < -0.39 is 0 Å². The Morgan fingerprint density at radius 2 is 1.63 bits per heavy atom. The Labute approximate surface area is 222 Å². The van der Waals surface area contributed by atoms with Crippen LogP contribution in [-0.2, 0) is 32.5 Å². The Morgan fingerprint density at radius 1 is 0.895 bits per heavy atom. The average Bonchev–Trinajstić information content (AvgIpc) is 3.56. The molecule has 2 aromatic carbocycles. The van der Waals surface area contributed by atoms with E-state index in [-0.39, 0.29) is 11.7 Å². The lowest BCUT2D eigenvalue weighted by Gasteiger charge is -2.16. The lowest BCUT2D eigenvalue weighted by Crippen LogP contribution is -2.27. The van der Waals surface area contributed by atoms with Gasteiger partial charge in [0, 0.05) is 50.6 Å². The van der Waals surface area contributed by atoms with E-state index in [4.69, 9.17) is 0 Å². The van der Waals surface area contributed by atoms with Crippen molar-refractivity contribution in [1.29, 1.82) is 0 Å². The van der Waals surface area contributed by atoms with E-state index in [0.717, 1.165) is 84.1 Å². The molecule has 4 heterocycles. The van der Waals surface area contributed by atoms with Crippen molar-refractivity contribution in [3.05, 3.63) is 88.5 Å². The second-order valence-electron chi connectivity index (χ2n) is 10.2. The van der Waals surface area contributed by atoms with Gasteiger partial charge in [-0.1, -0.05) is 30.3 Å². The Morgan fingerprint density at radius 3 is 2.45 bits per heavy atom. The van der Waals surface area contributed by atoms with E-state index in [9.17, 15) is 9.59 Å². The molecule has 38 heavy (non-hydrogen) atoms. The molecule has 0 saturated carbocycles. The summed E-state index contributed by atoms with van der Waals surface area (Å²) in [5.74, 6) is 1.73. The van der Waals surface area contributed by atoms with Crippen molar-refractivity contribution in [2.45, 2.75) is 59.2 Å². The number of benzene rings is 2. The molecule has 2 aliphatic rings. The van der Waals surface area contributed by atoms with Crippen LogP contribution in [0.4, 0.5) is 5.69 Å². The Hall–Kier alpha value is -4.04. The molecule has 6 rings (SSSR count). The second-order valence-corrected chi connectivity index (χ2v) is 10.2. The van der Waals surface area contributed by atoms with Gasteiger partial charge in [-0.25, -0.2) is 9.97 Å². The fourth-order valence-electron chi connectivity index (χ4n) is 5.52. The number of anilines is 1. The molecule has 0 bridgehead atoms. The number of nitrogens with one attached hydrogen (secondary N) is 2. The maximum Gasteiger partial charge on any atom is 0.275 e. The number of amides is 1. The number of carbonyl (C=O) groups is 2. The fraction of sp³-hybridized carbons (Fsp3) is 0.333. The van der Waals surface area contributed by atoms with Gasteiger partial charge in [0.2, 0.25) is 0 Å². The van der Waals surface area contributed by atoms with Crippen LogP contribution in [0.1, 0.15) is 62.2 Å². The summed E-state index contributed by atoms with van der Waals surface area (Å²) in [7, 11) is 0. The van der Waals surface area contributed by atoms with Gasteiger partial charge in [0.1, 0.15) is 23.0 Å². The first-order valence-electron chi connectivity index (χ1n) is 13.3. The summed E-state index contributed by atoms with van der Waals surface area (Å²) in [5.41, 5.74) is 6.84. The third-order valence-electron chi connectivity index (χ3n) is 7.77. The van der Waals surface area contributed by atoms with Crippen LogP contribution in [0, 0.1) is 13.8 Å². The molecule has 1 amide bonds. The lowest BCUT2D eigenvalue weighted by molar-refractivity contribution is 0.0986. The second kappa shape index (κ2) is 10.0. The largest absolute Gasteiger partial charge is 0.334 e. The topological polar surface area (TPSA) is 93.8 Å². The number of hydrogen-bond acceptors (Lipinski definition) is 5. The van der Waals surface area contributed by atoms with Crippen molar-refractivity contribution in [1.82, 2.24) is 24.4 Å². The molecule has 0 aliphatic carbocycles. The third kappa shape index (κ3) is 4.56. The quantitative estimate of drug-likeness (QED) is 0.375. The molecule has 0 saturated heterocycles. The molecule has 0 radical (unpaired) electrons. The maximum absolute atomic E-state index is 13.1. The number of imidazole rings is 2. The minimum Gasteiger partial charge on any atom is -0.334 e. The van der Waals surface area contributed by atoms with E-state index in [1.54, 1.807) is 0 Å². The number of aromatic nitrogens is 4. The van der Waals surface area contributed by atoms with Crippen LogP contribution in [0.15, 0.2) is 48.8 Å². The van der Waals surface area contributed by atoms with Gasteiger partial charge in [-0.15, -0.1) is 0 Å². The Balaban J connectivity index is 1.23. The summed E-state index contributed by atoms with van der Waals surface area (Å²) in [6.45, 7) is 7.41.